The van der Waals surface area contributed by atoms with Crippen LogP contribution in [0.5, 0.6) is 0 Å². The molecule has 0 unspecified atom stereocenters. The van der Waals surface area contributed by atoms with E-state index in [1.165, 1.54) is 13.3 Å². The van der Waals surface area contributed by atoms with Gasteiger partial charge in [-0.2, -0.15) is 0 Å². The predicted octanol–water partition coefficient (Wildman–Crippen LogP) is 1.32. The summed E-state index contributed by atoms with van der Waals surface area (Å²) in [7, 11) is 1.51. The minimum absolute atomic E-state index is 0.472. The maximum atomic E-state index is 10.4. The number of rotatable bonds is 4. The van der Waals surface area contributed by atoms with Gasteiger partial charge >= 0.3 is 0 Å². The Balaban J connectivity index is 4.50. The van der Waals surface area contributed by atoms with Gasteiger partial charge in [0.25, 0.3) is 0 Å². The SMILES string of the molecule is C=N/C=C\C(C=O)=C(/C)OC. The van der Waals surface area contributed by atoms with Crippen molar-refractivity contribution in [3.05, 3.63) is 23.6 Å². The number of hydrogen-bond acceptors (Lipinski definition) is 3. The van der Waals surface area contributed by atoms with Crippen LogP contribution in [0.15, 0.2) is 28.6 Å². The van der Waals surface area contributed by atoms with Crippen LogP contribution in [0, 0.1) is 0 Å². The van der Waals surface area contributed by atoms with Gasteiger partial charge in [-0.3, -0.25) is 9.79 Å². The van der Waals surface area contributed by atoms with Gasteiger partial charge in [0.05, 0.1) is 12.7 Å². The second-order valence-corrected chi connectivity index (χ2v) is 1.83. The average Bonchev–Trinajstić information content (AvgIpc) is 2.05. The van der Waals surface area contributed by atoms with Crippen molar-refractivity contribution >= 4 is 13.0 Å². The van der Waals surface area contributed by atoms with Gasteiger partial charge in [-0.05, 0) is 19.7 Å². The van der Waals surface area contributed by atoms with E-state index in [-0.39, 0.29) is 0 Å². The minimum Gasteiger partial charge on any atom is -0.501 e. The summed E-state index contributed by atoms with van der Waals surface area (Å²) >= 11 is 0. The van der Waals surface area contributed by atoms with Crippen LogP contribution in [-0.2, 0) is 9.53 Å². The molecule has 0 aliphatic carbocycles. The van der Waals surface area contributed by atoms with Crippen molar-refractivity contribution in [2.24, 2.45) is 4.99 Å². The van der Waals surface area contributed by atoms with Gasteiger partial charge in [-0.1, -0.05) is 0 Å². The Bertz CT molecular complexity index is 204. The fourth-order valence-electron chi connectivity index (χ4n) is 0.490. The summed E-state index contributed by atoms with van der Waals surface area (Å²) < 4.78 is 4.84. The number of nitrogens with zero attached hydrogens (tertiary/aromatic N) is 1. The molecule has 0 aliphatic rings. The van der Waals surface area contributed by atoms with Gasteiger partial charge in [0.2, 0.25) is 0 Å². The number of carbonyl (C=O) groups excluding carboxylic acids is 1. The normalized spacial score (nSPS) is 12.5. The Kier molecular flexibility index (Phi) is 4.73. The number of carbonyl (C=O) groups is 1. The van der Waals surface area contributed by atoms with Crippen LogP contribution in [0.3, 0.4) is 0 Å². The highest BCUT2D eigenvalue weighted by Crippen LogP contribution is 2.02. The van der Waals surface area contributed by atoms with Gasteiger partial charge in [0.15, 0.2) is 6.29 Å². The lowest BCUT2D eigenvalue weighted by atomic mass is 10.2. The first-order chi connectivity index (χ1) is 5.26. The number of allylic oxidation sites excluding steroid dienone is 3. The third-order valence-corrected chi connectivity index (χ3v) is 1.20. The van der Waals surface area contributed by atoms with Gasteiger partial charge in [-0.25, -0.2) is 0 Å². The Morgan fingerprint density at radius 2 is 2.27 bits per heavy atom. The van der Waals surface area contributed by atoms with Crippen LogP contribution in [0.25, 0.3) is 0 Å². The third kappa shape index (κ3) is 3.35. The first-order valence-corrected chi connectivity index (χ1v) is 3.08. The second-order valence-electron chi connectivity index (χ2n) is 1.83. The molecular weight excluding hydrogens is 142 g/mol. The van der Waals surface area contributed by atoms with Gasteiger partial charge in [0, 0.05) is 6.20 Å². The Hall–Kier alpha value is -1.38. The Labute approximate surface area is 66.1 Å². The fraction of sp³-hybridized carbons (Fsp3) is 0.250. The highest BCUT2D eigenvalue weighted by molar-refractivity contribution is 5.78. The molecule has 0 aromatic heterocycles. The number of aliphatic imine (C=N–C) groups is 1. The monoisotopic (exact) mass is 153 g/mol. The first-order valence-electron chi connectivity index (χ1n) is 3.08. The highest BCUT2D eigenvalue weighted by atomic mass is 16.5. The van der Waals surface area contributed by atoms with E-state index >= 15 is 0 Å². The summed E-state index contributed by atoms with van der Waals surface area (Å²) in [6.07, 6.45) is 3.69. The van der Waals surface area contributed by atoms with Crippen molar-refractivity contribution in [2.45, 2.75) is 6.92 Å². The van der Waals surface area contributed by atoms with E-state index in [2.05, 4.69) is 11.7 Å². The lowest BCUT2D eigenvalue weighted by molar-refractivity contribution is -0.104. The van der Waals surface area contributed by atoms with Crippen molar-refractivity contribution in [3.63, 3.8) is 0 Å². The molecule has 0 aromatic rings. The molecule has 3 nitrogen and oxygen atoms in total. The molecule has 0 atom stereocenters. The Morgan fingerprint density at radius 3 is 2.64 bits per heavy atom. The maximum absolute atomic E-state index is 10.4. The van der Waals surface area contributed by atoms with Gasteiger partial charge in [0.1, 0.15) is 5.76 Å². The minimum atomic E-state index is 0.472. The molecule has 3 heteroatoms. The van der Waals surface area contributed by atoms with Crippen LogP contribution in [0.4, 0.5) is 0 Å². The van der Waals surface area contributed by atoms with Crippen LogP contribution < -0.4 is 0 Å². The molecule has 0 spiro atoms. The van der Waals surface area contributed by atoms with Crippen molar-refractivity contribution in [3.8, 4) is 0 Å². The molecule has 0 amide bonds. The smallest absolute Gasteiger partial charge is 0.153 e. The highest BCUT2D eigenvalue weighted by Gasteiger charge is 1.94. The van der Waals surface area contributed by atoms with Gasteiger partial charge in [-0.15, -0.1) is 0 Å². The molecule has 0 saturated heterocycles. The van der Waals surface area contributed by atoms with Crippen LogP contribution >= 0.6 is 0 Å². The molecule has 0 N–H and O–H groups in total. The zero-order chi connectivity index (χ0) is 8.69. The van der Waals surface area contributed by atoms with Crippen molar-refractivity contribution in [2.75, 3.05) is 7.11 Å². The number of ether oxygens (including phenoxy) is 1. The molecule has 11 heavy (non-hydrogen) atoms. The Morgan fingerprint density at radius 1 is 1.64 bits per heavy atom. The molecule has 0 aliphatic heterocycles. The van der Waals surface area contributed by atoms with Crippen molar-refractivity contribution < 1.29 is 9.53 Å². The van der Waals surface area contributed by atoms with E-state index in [1.807, 2.05) is 0 Å². The van der Waals surface area contributed by atoms with E-state index in [0.717, 1.165) is 0 Å². The maximum Gasteiger partial charge on any atom is 0.153 e. The zero-order valence-electron chi connectivity index (χ0n) is 6.70. The molecule has 60 valence electrons. The second kappa shape index (κ2) is 5.41. The summed E-state index contributed by atoms with van der Waals surface area (Å²) in [6.45, 7) is 4.94. The number of hydrogen-bond donors (Lipinski definition) is 0. The van der Waals surface area contributed by atoms with E-state index in [9.17, 15) is 4.79 Å². The molecule has 0 heterocycles. The largest absolute Gasteiger partial charge is 0.501 e. The lowest BCUT2D eigenvalue weighted by Gasteiger charge is -1.98. The molecule has 0 bridgehead atoms. The molecule has 0 fully saturated rings. The van der Waals surface area contributed by atoms with Crippen LogP contribution in [0.2, 0.25) is 0 Å². The molecule has 0 rings (SSSR count). The zero-order valence-corrected chi connectivity index (χ0v) is 6.70. The van der Waals surface area contributed by atoms with Crippen molar-refractivity contribution in [1.82, 2.24) is 0 Å². The number of aldehydes is 1. The van der Waals surface area contributed by atoms with Crippen LogP contribution in [0.1, 0.15) is 6.92 Å². The third-order valence-electron chi connectivity index (χ3n) is 1.20. The van der Waals surface area contributed by atoms with E-state index in [4.69, 9.17) is 4.74 Å². The lowest BCUT2D eigenvalue weighted by Crippen LogP contribution is -1.88. The quantitative estimate of drug-likeness (QED) is 0.201. The fourth-order valence-corrected chi connectivity index (χ4v) is 0.490. The summed E-state index contributed by atoms with van der Waals surface area (Å²) in [5.41, 5.74) is 0.472. The topological polar surface area (TPSA) is 38.7 Å². The van der Waals surface area contributed by atoms with Crippen molar-refractivity contribution in [1.29, 1.82) is 0 Å². The molecule has 0 saturated carbocycles. The summed E-state index contributed by atoms with van der Waals surface area (Å²) in [5, 5.41) is 0. The average molecular weight is 153 g/mol. The van der Waals surface area contributed by atoms with Gasteiger partial charge < -0.3 is 4.74 Å². The summed E-state index contributed by atoms with van der Waals surface area (Å²) in [6, 6.07) is 0. The number of methoxy groups -OCH3 is 1. The molecular formula is C8H11NO2. The molecule has 0 radical (unpaired) electrons. The summed E-state index contributed by atoms with van der Waals surface area (Å²) in [5.74, 6) is 0.569. The standard InChI is InChI=1S/C8H11NO2/c1-7(11-3)8(6-10)4-5-9-2/h4-6H,2H2,1,3H3/b5-4-,8-7-. The summed E-state index contributed by atoms with van der Waals surface area (Å²) in [4.78, 5) is 13.8. The van der Waals surface area contributed by atoms with E-state index in [0.29, 0.717) is 17.6 Å². The van der Waals surface area contributed by atoms with E-state index < -0.39 is 0 Å². The van der Waals surface area contributed by atoms with E-state index in [1.54, 1.807) is 13.0 Å². The van der Waals surface area contributed by atoms with Crippen LogP contribution in [-0.4, -0.2) is 20.1 Å². The predicted molar refractivity (Wildman–Crippen MR) is 44.5 cm³/mol. The molecule has 0 aromatic carbocycles. The first kappa shape index (κ1) is 9.62.